The van der Waals surface area contributed by atoms with Gasteiger partial charge in [0.25, 0.3) is 0 Å². The molecule has 0 amide bonds. The van der Waals surface area contributed by atoms with Gasteiger partial charge in [-0.15, -0.1) is 0 Å². The molecular weight excluding hydrogens is 90.1 g/mol. The van der Waals surface area contributed by atoms with Crippen LogP contribution < -0.4 is 5.41 Å². The van der Waals surface area contributed by atoms with Crippen molar-refractivity contribution in [3.63, 3.8) is 0 Å². The van der Waals surface area contributed by atoms with Gasteiger partial charge in [-0.3, -0.25) is 0 Å². The third-order valence-electron chi connectivity index (χ3n) is 0.692. The first-order valence-electron chi connectivity index (χ1n) is 1.93. The molecule has 2 nitrogen and oxygen atoms in total. The molecule has 0 fully saturated rings. The zero-order chi connectivity index (χ0) is 5.11. The molecule has 1 aromatic rings. The minimum atomic E-state index is 0.694. The summed E-state index contributed by atoms with van der Waals surface area (Å²) in [5, 5.41) is 8.24. The van der Waals surface area contributed by atoms with Gasteiger partial charge in [0.1, 0.15) is 0 Å². The van der Waals surface area contributed by atoms with Crippen LogP contribution in [-0.2, 0) is 0 Å². The molecule has 0 N–H and O–H groups in total. The van der Waals surface area contributed by atoms with Crippen LogP contribution in [0.25, 0.3) is 0 Å². The van der Waals surface area contributed by atoms with Crippen molar-refractivity contribution < 1.29 is 4.42 Å². The van der Waals surface area contributed by atoms with Gasteiger partial charge in [0.05, 0.1) is 18.7 Å². The second-order valence-corrected chi connectivity index (χ2v) is 1.19. The minimum Gasteiger partial charge on any atom is -0.472 e. The van der Waals surface area contributed by atoms with E-state index in [1.54, 1.807) is 6.07 Å². The van der Waals surface area contributed by atoms with Crippen LogP contribution in [0.4, 0.5) is 0 Å². The molecule has 0 saturated carbocycles. The van der Waals surface area contributed by atoms with Crippen molar-refractivity contribution in [1.29, 1.82) is 0 Å². The van der Waals surface area contributed by atoms with Crippen molar-refractivity contribution in [1.82, 2.24) is 5.41 Å². The first-order valence-corrected chi connectivity index (χ1v) is 1.93. The quantitative estimate of drug-likeness (QED) is 0.466. The highest BCUT2D eigenvalue weighted by Gasteiger charge is 1.82. The van der Waals surface area contributed by atoms with E-state index >= 15 is 0 Å². The van der Waals surface area contributed by atoms with E-state index < -0.39 is 0 Å². The molecule has 0 saturated heterocycles. The predicted molar refractivity (Wildman–Crippen MR) is 26.0 cm³/mol. The SMILES string of the molecule is [N]=Cc1ccoc1. The average molecular weight is 94.1 g/mol. The summed E-state index contributed by atoms with van der Waals surface area (Å²) in [6, 6.07) is 1.67. The Morgan fingerprint density at radius 2 is 2.57 bits per heavy atom. The summed E-state index contributed by atoms with van der Waals surface area (Å²) in [5.74, 6) is 0. The molecular formula is C5H4NO. The lowest BCUT2D eigenvalue weighted by atomic mass is 10.4. The Balaban J connectivity index is 2.96. The minimum absolute atomic E-state index is 0.694. The lowest BCUT2D eigenvalue weighted by Gasteiger charge is -1.66. The fourth-order valence-corrected chi connectivity index (χ4v) is 0.348. The van der Waals surface area contributed by atoms with Crippen LogP contribution in [0.15, 0.2) is 23.0 Å². The number of nitrogens with zero attached hydrogens (tertiary/aromatic N) is 1. The third-order valence-corrected chi connectivity index (χ3v) is 0.692. The van der Waals surface area contributed by atoms with Crippen LogP contribution in [0.1, 0.15) is 5.56 Å². The van der Waals surface area contributed by atoms with E-state index in [4.69, 9.17) is 5.41 Å². The van der Waals surface area contributed by atoms with E-state index in [0.717, 1.165) is 6.21 Å². The van der Waals surface area contributed by atoms with Crippen LogP contribution in [-0.4, -0.2) is 6.21 Å². The monoisotopic (exact) mass is 94.0 g/mol. The Hall–Kier alpha value is -1.05. The van der Waals surface area contributed by atoms with Crippen LogP contribution in [0.5, 0.6) is 0 Å². The molecule has 0 atom stereocenters. The van der Waals surface area contributed by atoms with E-state index in [1.165, 1.54) is 12.5 Å². The highest BCUT2D eigenvalue weighted by atomic mass is 16.3. The largest absolute Gasteiger partial charge is 0.472 e. The zero-order valence-electron chi connectivity index (χ0n) is 3.66. The van der Waals surface area contributed by atoms with E-state index in [0.29, 0.717) is 5.56 Å². The molecule has 0 aromatic carbocycles. The zero-order valence-corrected chi connectivity index (χ0v) is 3.66. The average Bonchev–Trinajstić information content (AvgIpc) is 2.14. The molecule has 1 radical (unpaired) electrons. The molecule has 2 heteroatoms. The Labute approximate surface area is 41.3 Å². The number of furan rings is 1. The fourth-order valence-electron chi connectivity index (χ4n) is 0.348. The Bertz CT molecular complexity index is 143. The first-order chi connectivity index (χ1) is 3.43. The summed E-state index contributed by atoms with van der Waals surface area (Å²) in [6.45, 7) is 0. The summed E-state index contributed by atoms with van der Waals surface area (Å²) >= 11 is 0. The lowest BCUT2D eigenvalue weighted by Crippen LogP contribution is -1.69. The van der Waals surface area contributed by atoms with Gasteiger partial charge in [0.2, 0.25) is 0 Å². The van der Waals surface area contributed by atoms with Gasteiger partial charge in [0.15, 0.2) is 0 Å². The Kier molecular flexibility index (Phi) is 0.941. The molecule has 0 unspecified atom stereocenters. The molecule has 1 heterocycles. The maximum absolute atomic E-state index is 8.24. The maximum atomic E-state index is 8.24. The van der Waals surface area contributed by atoms with Gasteiger partial charge in [-0.25, -0.2) is 0 Å². The van der Waals surface area contributed by atoms with Crippen molar-refractivity contribution in [2.45, 2.75) is 0 Å². The van der Waals surface area contributed by atoms with Crippen molar-refractivity contribution in [3.05, 3.63) is 24.2 Å². The van der Waals surface area contributed by atoms with E-state index in [-0.39, 0.29) is 0 Å². The standard InChI is InChI=1S/C5H4NO/c6-3-5-1-2-7-4-5/h1-4H. The van der Waals surface area contributed by atoms with Crippen molar-refractivity contribution in [2.24, 2.45) is 0 Å². The van der Waals surface area contributed by atoms with Gasteiger partial charge < -0.3 is 4.42 Å². The Morgan fingerprint density at radius 1 is 1.71 bits per heavy atom. The van der Waals surface area contributed by atoms with Gasteiger partial charge in [0, 0.05) is 5.56 Å². The van der Waals surface area contributed by atoms with Gasteiger partial charge in [-0.2, -0.15) is 5.41 Å². The van der Waals surface area contributed by atoms with E-state index in [1.807, 2.05) is 0 Å². The van der Waals surface area contributed by atoms with Crippen LogP contribution in [0.2, 0.25) is 0 Å². The second-order valence-electron chi connectivity index (χ2n) is 1.19. The van der Waals surface area contributed by atoms with Crippen molar-refractivity contribution in [3.8, 4) is 0 Å². The maximum Gasteiger partial charge on any atom is 0.0991 e. The van der Waals surface area contributed by atoms with Gasteiger partial charge in [-0.1, -0.05) is 0 Å². The summed E-state index contributed by atoms with van der Waals surface area (Å²) in [4.78, 5) is 0. The van der Waals surface area contributed by atoms with E-state index in [2.05, 4.69) is 4.42 Å². The summed E-state index contributed by atoms with van der Waals surface area (Å²) in [7, 11) is 0. The topological polar surface area (TPSA) is 35.4 Å². The first kappa shape index (κ1) is 4.12. The second kappa shape index (κ2) is 1.60. The van der Waals surface area contributed by atoms with Crippen molar-refractivity contribution in [2.75, 3.05) is 0 Å². The molecule has 0 aliphatic heterocycles. The highest BCUT2D eigenvalue weighted by molar-refractivity contribution is 5.76. The molecule has 1 rings (SSSR count). The number of hydrogen-bond acceptors (Lipinski definition) is 1. The molecule has 1 aromatic heterocycles. The van der Waals surface area contributed by atoms with Gasteiger partial charge in [-0.05, 0) is 6.07 Å². The van der Waals surface area contributed by atoms with E-state index in [9.17, 15) is 0 Å². The molecule has 0 aliphatic carbocycles. The normalized spacial score (nSPS) is 8.57. The molecule has 7 heavy (non-hydrogen) atoms. The Morgan fingerprint density at radius 3 is 2.86 bits per heavy atom. The number of hydrogen-bond donors (Lipinski definition) is 0. The number of rotatable bonds is 1. The molecule has 0 spiro atoms. The molecule has 35 valence electrons. The molecule has 0 bridgehead atoms. The highest BCUT2D eigenvalue weighted by Crippen LogP contribution is 1.92. The fraction of sp³-hybridized carbons (Fsp3) is 0. The van der Waals surface area contributed by atoms with Crippen LogP contribution >= 0.6 is 0 Å². The van der Waals surface area contributed by atoms with Gasteiger partial charge >= 0.3 is 0 Å². The predicted octanol–water partition coefficient (Wildman–Crippen LogP) is 0.499. The lowest BCUT2D eigenvalue weighted by molar-refractivity contribution is 0.567. The smallest absolute Gasteiger partial charge is 0.0991 e. The molecule has 0 aliphatic rings. The summed E-state index contributed by atoms with van der Waals surface area (Å²) in [6.07, 6.45) is 3.95. The third kappa shape index (κ3) is 0.682. The van der Waals surface area contributed by atoms with Crippen LogP contribution in [0, 0.1) is 0 Å². The summed E-state index contributed by atoms with van der Waals surface area (Å²) in [5.41, 5.74) is 0.694. The van der Waals surface area contributed by atoms with Crippen molar-refractivity contribution >= 4 is 6.21 Å². The van der Waals surface area contributed by atoms with Crippen LogP contribution in [0.3, 0.4) is 0 Å². The summed E-state index contributed by atoms with van der Waals surface area (Å²) < 4.78 is 4.61.